The lowest BCUT2D eigenvalue weighted by Crippen LogP contribution is -2.39. The van der Waals surface area contributed by atoms with Crippen LogP contribution in [0.15, 0.2) is 24.3 Å². The first-order valence-electron chi connectivity index (χ1n) is 6.09. The van der Waals surface area contributed by atoms with Gasteiger partial charge in [0.1, 0.15) is 5.60 Å². The molecule has 1 aliphatic rings. The molecular formula is C14H18INO2. The van der Waals surface area contributed by atoms with Crippen LogP contribution in [-0.2, 0) is 10.3 Å². The van der Waals surface area contributed by atoms with Crippen LogP contribution >= 0.6 is 22.6 Å². The molecule has 1 aromatic carbocycles. The van der Waals surface area contributed by atoms with E-state index in [1.165, 1.54) is 9.13 Å². The number of hydrogen-bond acceptors (Lipinski definition) is 2. The van der Waals surface area contributed by atoms with Gasteiger partial charge in [-0.3, -0.25) is 0 Å². The highest BCUT2D eigenvalue weighted by Crippen LogP contribution is 2.47. The first-order valence-corrected chi connectivity index (χ1v) is 7.16. The lowest BCUT2D eigenvalue weighted by molar-refractivity contribution is 0.0495. The van der Waals surface area contributed by atoms with Gasteiger partial charge < -0.3 is 10.1 Å². The second-order valence-electron chi connectivity index (χ2n) is 5.69. The molecule has 1 amide bonds. The fraction of sp³-hybridized carbons (Fsp3) is 0.500. The van der Waals surface area contributed by atoms with E-state index in [1.54, 1.807) is 0 Å². The average Bonchev–Trinajstić information content (AvgIpc) is 2.96. The number of alkyl carbamates (subject to hydrolysis) is 1. The maximum atomic E-state index is 11.9. The number of amides is 1. The molecule has 0 radical (unpaired) electrons. The van der Waals surface area contributed by atoms with E-state index in [4.69, 9.17) is 4.74 Å². The smallest absolute Gasteiger partial charge is 0.408 e. The summed E-state index contributed by atoms with van der Waals surface area (Å²) >= 11 is 2.31. The van der Waals surface area contributed by atoms with E-state index in [9.17, 15) is 4.79 Å². The number of ether oxygens (including phenoxy) is 1. The van der Waals surface area contributed by atoms with Crippen molar-refractivity contribution >= 4 is 28.7 Å². The maximum Gasteiger partial charge on any atom is 0.408 e. The largest absolute Gasteiger partial charge is 0.444 e. The molecule has 1 aromatic rings. The van der Waals surface area contributed by atoms with E-state index in [0.29, 0.717) is 0 Å². The Bertz CT molecular complexity index is 461. The summed E-state index contributed by atoms with van der Waals surface area (Å²) in [7, 11) is 0. The van der Waals surface area contributed by atoms with E-state index in [0.717, 1.165) is 12.8 Å². The predicted molar refractivity (Wildman–Crippen MR) is 79.4 cm³/mol. The highest BCUT2D eigenvalue weighted by atomic mass is 127. The van der Waals surface area contributed by atoms with Crippen molar-refractivity contribution in [2.75, 3.05) is 0 Å². The van der Waals surface area contributed by atoms with Gasteiger partial charge in [0.25, 0.3) is 0 Å². The molecule has 0 aromatic heterocycles. The van der Waals surface area contributed by atoms with Gasteiger partial charge >= 0.3 is 6.09 Å². The minimum atomic E-state index is -0.454. The van der Waals surface area contributed by atoms with Crippen LogP contribution in [0.1, 0.15) is 39.2 Å². The number of benzene rings is 1. The van der Waals surface area contributed by atoms with Gasteiger partial charge in [-0.05, 0) is 67.8 Å². The molecule has 1 saturated carbocycles. The zero-order chi connectivity index (χ0) is 13.4. The van der Waals surface area contributed by atoms with Gasteiger partial charge in [0.15, 0.2) is 0 Å². The number of carbonyl (C=O) groups is 1. The molecule has 0 atom stereocenters. The van der Waals surface area contributed by atoms with Crippen LogP contribution in [0, 0.1) is 3.57 Å². The monoisotopic (exact) mass is 359 g/mol. The molecule has 18 heavy (non-hydrogen) atoms. The molecule has 2 rings (SSSR count). The fourth-order valence-corrected chi connectivity index (χ4v) is 2.84. The standard InChI is InChI=1S/C14H18INO2/c1-13(2,3)18-12(17)16-14(8-9-14)10-6-4-5-7-11(10)15/h4-7H,8-9H2,1-3H3,(H,16,17). The zero-order valence-corrected chi connectivity index (χ0v) is 13.1. The van der Waals surface area contributed by atoms with Crippen LogP contribution in [-0.4, -0.2) is 11.7 Å². The third-order valence-electron chi connectivity index (χ3n) is 2.88. The summed E-state index contributed by atoms with van der Waals surface area (Å²) in [6.07, 6.45) is 1.62. The topological polar surface area (TPSA) is 38.3 Å². The Labute approximate surface area is 121 Å². The van der Waals surface area contributed by atoms with E-state index in [-0.39, 0.29) is 11.6 Å². The van der Waals surface area contributed by atoms with Crippen molar-refractivity contribution in [1.29, 1.82) is 0 Å². The Hall–Kier alpha value is -0.780. The van der Waals surface area contributed by atoms with Crippen LogP contribution in [0.2, 0.25) is 0 Å². The third-order valence-corrected chi connectivity index (χ3v) is 3.82. The summed E-state index contributed by atoms with van der Waals surface area (Å²) in [4.78, 5) is 11.9. The summed E-state index contributed by atoms with van der Waals surface area (Å²) in [6, 6.07) is 8.15. The zero-order valence-electron chi connectivity index (χ0n) is 10.9. The molecule has 0 saturated heterocycles. The van der Waals surface area contributed by atoms with Crippen molar-refractivity contribution in [2.45, 2.75) is 44.8 Å². The highest BCUT2D eigenvalue weighted by molar-refractivity contribution is 14.1. The Morgan fingerprint density at radius 3 is 2.44 bits per heavy atom. The Kier molecular flexibility index (Phi) is 3.58. The maximum absolute atomic E-state index is 11.9. The molecule has 0 aliphatic heterocycles. The lowest BCUT2D eigenvalue weighted by Gasteiger charge is -2.24. The Balaban J connectivity index is 2.10. The summed E-state index contributed by atoms with van der Waals surface area (Å²) in [6.45, 7) is 5.62. The van der Waals surface area contributed by atoms with Crippen LogP contribution in [0.25, 0.3) is 0 Å². The molecule has 1 fully saturated rings. The minimum absolute atomic E-state index is 0.208. The molecule has 1 N–H and O–H groups in total. The Morgan fingerprint density at radius 1 is 1.33 bits per heavy atom. The first-order chi connectivity index (χ1) is 8.32. The quantitative estimate of drug-likeness (QED) is 0.816. The summed E-state index contributed by atoms with van der Waals surface area (Å²) in [5.41, 5.74) is 0.529. The Morgan fingerprint density at radius 2 is 1.94 bits per heavy atom. The number of hydrogen-bond donors (Lipinski definition) is 1. The fourth-order valence-electron chi connectivity index (χ4n) is 1.93. The molecular weight excluding hydrogens is 341 g/mol. The van der Waals surface area contributed by atoms with E-state index in [2.05, 4.69) is 40.0 Å². The van der Waals surface area contributed by atoms with Crippen LogP contribution in [0.4, 0.5) is 4.79 Å². The summed E-state index contributed by atoms with van der Waals surface area (Å²) in [5.74, 6) is 0. The third kappa shape index (κ3) is 3.16. The number of rotatable bonds is 2. The van der Waals surface area contributed by atoms with Crippen LogP contribution in [0.3, 0.4) is 0 Å². The second kappa shape index (κ2) is 4.72. The molecule has 0 unspecified atom stereocenters. The van der Waals surface area contributed by atoms with Gasteiger partial charge in [0.2, 0.25) is 0 Å². The van der Waals surface area contributed by atoms with Gasteiger partial charge in [-0.25, -0.2) is 4.79 Å². The van der Waals surface area contributed by atoms with Gasteiger partial charge in [-0.2, -0.15) is 0 Å². The van der Waals surface area contributed by atoms with Crippen molar-refractivity contribution in [3.05, 3.63) is 33.4 Å². The molecule has 98 valence electrons. The highest BCUT2D eigenvalue weighted by Gasteiger charge is 2.47. The summed E-state index contributed by atoms with van der Waals surface area (Å²) in [5, 5.41) is 3.02. The second-order valence-corrected chi connectivity index (χ2v) is 6.85. The van der Waals surface area contributed by atoms with Crippen LogP contribution in [0.5, 0.6) is 0 Å². The normalized spacial score (nSPS) is 17.1. The molecule has 0 heterocycles. The van der Waals surface area contributed by atoms with Crippen molar-refractivity contribution in [1.82, 2.24) is 5.32 Å². The first kappa shape index (κ1) is 13.6. The van der Waals surface area contributed by atoms with Crippen molar-refractivity contribution in [3.63, 3.8) is 0 Å². The van der Waals surface area contributed by atoms with E-state index in [1.807, 2.05) is 32.9 Å². The summed E-state index contributed by atoms with van der Waals surface area (Å²) < 4.78 is 6.51. The van der Waals surface area contributed by atoms with Crippen molar-refractivity contribution in [2.24, 2.45) is 0 Å². The van der Waals surface area contributed by atoms with E-state index >= 15 is 0 Å². The molecule has 0 bridgehead atoms. The van der Waals surface area contributed by atoms with Crippen molar-refractivity contribution in [3.8, 4) is 0 Å². The number of halogens is 1. The SMILES string of the molecule is CC(C)(C)OC(=O)NC1(c2ccccc2I)CC1. The molecule has 3 nitrogen and oxygen atoms in total. The van der Waals surface area contributed by atoms with Crippen LogP contribution < -0.4 is 5.32 Å². The average molecular weight is 359 g/mol. The molecule has 1 aliphatic carbocycles. The minimum Gasteiger partial charge on any atom is -0.444 e. The van der Waals surface area contributed by atoms with Crippen molar-refractivity contribution < 1.29 is 9.53 Å². The molecule has 0 spiro atoms. The number of nitrogens with one attached hydrogen (secondary N) is 1. The van der Waals surface area contributed by atoms with E-state index < -0.39 is 5.60 Å². The van der Waals surface area contributed by atoms with Gasteiger partial charge in [-0.15, -0.1) is 0 Å². The lowest BCUT2D eigenvalue weighted by atomic mass is 10.1. The number of carbonyl (C=O) groups excluding carboxylic acids is 1. The molecule has 4 heteroatoms. The van der Waals surface area contributed by atoms with Gasteiger partial charge in [-0.1, -0.05) is 18.2 Å². The van der Waals surface area contributed by atoms with Gasteiger partial charge in [0, 0.05) is 3.57 Å². The predicted octanol–water partition coefficient (Wildman–Crippen LogP) is 3.81. The van der Waals surface area contributed by atoms with Gasteiger partial charge in [0.05, 0.1) is 5.54 Å².